The number of aliphatic hydroxyl groups excluding tert-OH is 1. The molecule has 1 heterocycles. The molecule has 18 heavy (non-hydrogen) atoms. The van der Waals surface area contributed by atoms with Crippen LogP contribution in [0.15, 0.2) is 6.07 Å². The van der Waals surface area contributed by atoms with Crippen molar-refractivity contribution < 1.29 is 9.90 Å². The van der Waals surface area contributed by atoms with Gasteiger partial charge in [-0.25, -0.2) is 0 Å². The van der Waals surface area contributed by atoms with E-state index in [1.54, 1.807) is 0 Å². The van der Waals surface area contributed by atoms with E-state index in [1.807, 2.05) is 26.8 Å². The van der Waals surface area contributed by atoms with Gasteiger partial charge >= 0.3 is 0 Å². The largest absolute Gasteiger partial charge is 0.396 e. The predicted molar refractivity (Wildman–Crippen MR) is 72.9 cm³/mol. The van der Waals surface area contributed by atoms with E-state index in [2.05, 4.69) is 23.7 Å². The highest BCUT2D eigenvalue weighted by molar-refractivity contribution is 5.95. The fourth-order valence-corrected chi connectivity index (χ4v) is 2.37. The van der Waals surface area contributed by atoms with Crippen LogP contribution in [-0.2, 0) is 0 Å². The van der Waals surface area contributed by atoms with Crippen molar-refractivity contribution in [3.63, 3.8) is 0 Å². The van der Waals surface area contributed by atoms with Crippen molar-refractivity contribution in [2.75, 3.05) is 6.61 Å². The average Bonchev–Trinajstić information content (AvgIpc) is 2.54. The minimum atomic E-state index is -0.0593. The van der Waals surface area contributed by atoms with Crippen LogP contribution in [0.5, 0.6) is 0 Å². The van der Waals surface area contributed by atoms with Crippen LogP contribution >= 0.6 is 0 Å². The summed E-state index contributed by atoms with van der Waals surface area (Å²) in [5.41, 5.74) is 2.82. The van der Waals surface area contributed by atoms with Gasteiger partial charge in [-0.1, -0.05) is 0 Å². The standard InChI is InChI=1S/C14H24N2O2/c1-9(2)16-11(4)8-13(12(16)5)14(18)15-10(3)6-7-17/h8-10,17H,6-7H2,1-5H3,(H,15,18). The van der Waals surface area contributed by atoms with Crippen molar-refractivity contribution in [2.24, 2.45) is 0 Å². The number of nitrogens with one attached hydrogen (secondary N) is 1. The molecule has 2 N–H and O–H groups in total. The molecule has 102 valence electrons. The highest BCUT2D eigenvalue weighted by Gasteiger charge is 2.18. The molecular weight excluding hydrogens is 228 g/mol. The van der Waals surface area contributed by atoms with Crippen molar-refractivity contribution in [2.45, 2.75) is 53.1 Å². The second-order valence-electron chi connectivity index (χ2n) is 5.14. The molecule has 1 unspecified atom stereocenters. The summed E-state index contributed by atoms with van der Waals surface area (Å²) in [5.74, 6) is -0.0593. The second kappa shape index (κ2) is 6.05. The van der Waals surface area contributed by atoms with E-state index in [4.69, 9.17) is 5.11 Å². The van der Waals surface area contributed by atoms with Crippen molar-refractivity contribution >= 4 is 5.91 Å². The molecule has 1 atom stereocenters. The van der Waals surface area contributed by atoms with E-state index in [9.17, 15) is 4.79 Å². The molecule has 0 saturated carbocycles. The normalized spacial score (nSPS) is 12.8. The van der Waals surface area contributed by atoms with Gasteiger partial charge in [0, 0.05) is 30.1 Å². The summed E-state index contributed by atoms with van der Waals surface area (Å²) in [5, 5.41) is 11.7. The Morgan fingerprint density at radius 1 is 1.39 bits per heavy atom. The lowest BCUT2D eigenvalue weighted by Gasteiger charge is -2.15. The van der Waals surface area contributed by atoms with Gasteiger partial charge < -0.3 is 15.0 Å². The summed E-state index contributed by atoms with van der Waals surface area (Å²) >= 11 is 0. The molecule has 0 saturated heterocycles. The Kier molecular flexibility index (Phi) is 4.96. The second-order valence-corrected chi connectivity index (χ2v) is 5.14. The van der Waals surface area contributed by atoms with Crippen LogP contribution in [0, 0.1) is 13.8 Å². The summed E-state index contributed by atoms with van der Waals surface area (Å²) in [4.78, 5) is 12.1. The molecule has 1 aromatic rings. The van der Waals surface area contributed by atoms with Crippen molar-refractivity contribution in [3.8, 4) is 0 Å². The summed E-state index contributed by atoms with van der Waals surface area (Å²) in [6, 6.07) is 2.27. The number of carbonyl (C=O) groups excluding carboxylic acids is 1. The Labute approximate surface area is 109 Å². The number of aliphatic hydroxyl groups is 1. The lowest BCUT2D eigenvalue weighted by Crippen LogP contribution is -2.33. The third-order valence-electron chi connectivity index (χ3n) is 3.18. The average molecular weight is 252 g/mol. The third-order valence-corrected chi connectivity index (χ3v) is 3.18. The first-order valence-electron chi connectivity index (χ1n) is 6.48. The van der Waals surface area contributed by atoms with Crippen LogP contribution in [0.2, 0.25) is 0 Å². The topological polar surface area (TPSA) is 54.3 Å². The Morgan fingerprint density at radius 2 is 2.00 bits per heavy atom. The molecule has 0 aromatic carbocycles. The summed E-state index contributed by atoms with van der Waals surface area (Å²) in [6.45, 7) is 10.2. The summed E-state index contributed by atoms with van der Waals surface area (Å²) in [6.07, 6.45) is 0.578. The highest BCUT2D eigenvalue weighted by atomic mass is 16.3. The molecule has 0 bridgehead atoms. The maximum absolute atomic E-state index is 12.1. The molecular formula is C14H24N2O2. The van der Waals surface area contributed by atoms with E-state index < -0.39 is 0 Å². The molecule has 1 amide bonds. The van der Waals surface area contributed by atoms with Gasteiger partial charge in [-0.2, -0.15) is 0 Å². The lowest BCUT2D eigenvalue weighted by atomic mass is 10.2. The van der Waals surface area contributed by atoms with Crippen LogP contribution in [-0.4, -0.2) is 28.2 Å². The van der Waals surface area contributed by atoms with Gasteiger partial charge in [0.1, 0.15) is 0 Å². The van der Waals surface area contributed by atoms with Crippen LogP contribution < -0.4 is 5.32 Å². The molecule has 0 radical (unpaired) electrons. The quantitative estimate of drug-likeness (QED) is 0.844. The molecule has 1 rings (SSSR count). The zero-order valence-corrected chi connectivity index (χ0v) is 11.9. The van der Waals surface area contributed by atoms with Crippen LogP contribution in [0.1, 0.15) is 55.0 Å². The smallest absolute Gasteiger partial charge is 0.253 e. The molecule has 0 aliphatic heterocycles. The minimum Gasteiger partial charge on any atom is -0.396 e. The van der Waals surface area contributed by atoms with E-state index in [0.717, 1.165) is 17.0 Å². The summed E-state index contributed by atoms with van der Waals surface area (Å²) in [7, 11) is 0. The van der Waals surface area contributed by atoms with E-state index in [-0.39, 0.29) is 18.6 Å². The first kappa shape index (κ1) is 14.8. The number of aromatic nitrogens is 1. The minimum absolute atomic E-state index is 0.00962. The maximum atomic E-state index is 12.1. The molecule has 4 heteroatoms. The third kappa shape index (κ3) is 3.13. The Hall–Kier alpha value is -1.29. The maximum Gasteiger partial charge on any atom is 0.253 e. The number of aryl methyl sites for hydroxylation is 1. The lowest BCUT2D eigenvalue weighted by molar-refractivity contribution is 0.0933. The van der Waals surface area contributed by atoms with Gasteiger partial charge in [0.15, 0.2) is 0 Å². The van der Waals surface area contributed by atoms with Crippen LogP contribution in [0.25, 0.3) is 0 Å². The number of hydrogen-bond acceptors (Lipinski definition) is 2. The number of rotatable bonds is 5. The van der Waals surface area contributed by atoms with Gasteiger partial charge in [-0.15, -0.1) is 0 Å². The monoisotopic (exact) mass is 252 g/mol. The number of nitrogens with zero attached hydrogens (tertiary/aromatic N) is 1. The van der Waals surface area contributed by atoms with E-state index in [1.165, 1.54) is 0 Å². The zero-order chi connectivity index (χ0) is 13.9. The van der Waals surface area contributed by atoms with E-state index >= 15 is 0 Å². The number of carbonyl (C=O) groups is 1. The zero-order valence-electron chi connectivity index (χ0n) is 11.9. The van der Waals surface area contributed by atoms with Crippen molar-refractivity contribution in [1.29, 1.82) is 0 Å². The summed E-state index contributed by atoms with van der Waals surface area (Å²) < 4.78 is 2.16. The Balaban J connectivity index is 2.90. The van der Waals surface area contributed by atoms with Crippen molar-refractivity contribution in [3.05, 3.63) is 23.0 Å². The highest BCUT2D eigenvalue weighted by Crippen LogP contribution is 2.20. The van der Waals surface area contributed by atoms with Crippen LogP contribution in [0.3, 0.4) is 0 Å². The van der Waals surface area contributed by atoms with Crippen LogP contribution in [0.4, 0.5) is 0 Å². The first-order valence-corrected chi connectivity index (χ1v) is 6.48. The molecule has 4 nitrogen and oxygen atoms in total. The molecule has 0 aliphatic carbocycles. The first-order chi connectivity index (χ1) is 8.38. The van der Waals surface area contributed by atoms with E-state index in [0.29, 0.717) is 12.5 Å². The number of hydrogen-bond donors (Lipinski definition) is 2. The van der Waals surface area contributed by atoms with Crippen molar-refractivity contribution in [1.82, 2.24) is 9.88 Å². The molecule has 0 aliphatic rings. The van der Waals surface area contributed by atoms with Gasteiger partial charge in [0.2, 0.25) is 0 Å². The molecule has 1 aromatic heterocycles. The van der Waals surface area contributed by atoms with Gasteiger partial charge in [-0.3, -0.25) is 4.79 Å². The molecule has 0 spiro atoms. The van der Waals surface area contributed by atoms with Gasteiger partial charge in [0.25, 0.3) is 5.91 Å². The fraction of sp³-hybridized carbons (Fsp3) is 0.643. The Bertz CT molecular complexity index is 422. The number of amides is 1. The predicted octanol–water partition coefficient (Wildman–Crippen LogP) is 2.19. The van der Waals surface area contributed by atoms with Gasteiger partial charge in [-0.05, 0) is 47.1 Å². The SMILES string of the molecule is Cc1cc(C(=O)NC(C)CCO)c(C)n1C(C)C. The van der Waals surface area contributed by atoms with Gasteiger partial charge in [0.05, 0.1) is 5.56 Å². The fourth-order valence-electron chi connectivity index (χ4n) is 2.37. The molecule has 0 fully saturated rings. The Morgan fingerprint density at radius 3 is 2.44 bits per heavy atom.